The molecule has 0 fully saturated rings. The fourth-order valence-electron chi connectivity index (χ4n) is 3.64. The molecule has 0 aliphatic rings. The second-order valence-electron chi connectivity index (χ2n) is 7.97. The highest BCUT2D eigenvalue weighted by Crippen LogP contribution is 2.27. The number of aromatic nitrogens is 1. The number of hydrogen-bond acceptors (Lipinski definition) is 5. The van der Waals surface area contributed by atoms with Crippen molar-refractivity contribution in [3.63, 3.8) is 0 Å². The molecule has 4 aromatic rings. The van der Waals surface area contributed by atoms with E-state index < -0.39 is 22.5 Å². The first-order valence-corrected chi connectivity index (χ1v) is 12.6. The summed E-state index contributed by atoms with van der Waals surface area (Å²) in [5.41, 5.74) is 5.80. The van der Waals surface area contributed by atoms with Crippen molar-refractivity contribution in [1.29, 1.82) is 0 Å². The van der Waals surface area contributed by atoms with Gasteiger partial charge in [0, 0.05) is 10.9 Å². The fraction of sp³-hybridized carbons (Fsp3) is 0.115. The fourth-order valence-corrected chi connectivity index (χ4v) is 5.34. The van der Waals surface area contributed by atoms with E-state index in [1.54, 1.807) is 37.3 Å². The van der Waals surface area contributed by atoms with Crippen LogP contribution in [0, 0.1) is 13.8 Å². The van der Waals surface area contributed by atoms with E-state index in [4.69, 9.17) is 11.6 Å². The minimum absolute atomic E-state index is 0.0882. The SMILES string of the molecule is Cc1ccc(N(CC(=O)N/N=C\c2cc3ccccc3nc2Cl)S(=O)(=O)c2ccccc2)c(C)c1. The predicted molar refractivity (Wildman–Crippen MR) is 139 cm³/mol. The van der Waals surface area contributed by atoms with E-state index in [0.29, 0.717) is 11.3 Å². The van der Waals surface area contributed by atoms with Gasteiger partial charge >= 0.3 is 0 Å². The van der Waals surface area contributed by atoms with Crippen molar-refractivity contribution in [1.82, 2.24) is 10.4 Å². The number of hydrazone groups is 1. The Labute approximate surface area is 209 Å². The Balaban J connectivity index is 1.59. The molecule has 0 radical (unpaired) electrons. The summed E-state index contributed by atoms with van der Waals surface area (Å²) in [4.78, 5) is 17.2. The number of nitrogens with one attached hydrogen (secondary N) is 1. The van der Waals surface area contributed by atoms with Crippen LogP contribution in [-0.2, 0) is 14.8 Å². The summed E-state index contributed by atoms with van der Waals surface area (Å²) in [7, 11) is -4.00. The van der Waals surface area contributed by atoms with Gasteiger partial charge in [-0.25, -0.2) is 18.8 Å². The normalized spacial score (nSPS) is 11.6. The molecule has 0 saturated heterocycles. The van der Waals surface area contributed by atoms with Crippen molar-refractivity contribution < 1.29 is 13.2 Å². The van der Waals surface area contributed by atoms with E-state index in [1.807, 2.05) is 43.3 Å². The largest absolute Gasteiger partial charge is 0.271 e. The van der Waals surface area contributed by atoms with Gasteiger partial charge in [-0.3, -0.25) is 9.10 Å². The predicted octanol–water partition coefficient (Wildman–Crippen LogP) is 4.85. The number of nitrogens with zero attached hydrogens (tertiary/aromatic N) is 3. The quantitative estimate of drug-likeness (QED) is 0.220. The first kappa shape index (κ1) is 24.4. The van der Waals surface area contributed by atoms with Crippen LogP contribution in [0.1, 0.15) is 16.7 Å². The number of sulfonamides is 1. The number of benzene rings is 3. The zero-order chi connectivity index (χ0) is 25.0. The molecule has 3 aromatic carbocycles. The van der Waals surface area contributed by atoms with Crippen LogP contribution in [-0.4, -0.2) is 32.1 Å². The van der Waals surface area contributed by atoms with Gasteiger partial charge in [0.15, 0.2) is 0 Å². The number of hydrogen-bond donors (Lipinski definition) is 1. The average molecular weight is 507 g/mol. The van der Waals surface area contributed by atoms with E-state index in [9.17, 15) is 13.2 Å². The van der Waals surface area contributed by atoms with E-state index in [2.05, 4.69) is 15.5 Å². The summed E-state index contributed by atoms with van der Waals surface area (Å²) >= 11 is 6.24. The van der Waals surface area contributed by atoms with Crippen LogP contribution in [0.2, 0.25) is 5.15 Å². The molecule has 0 atom stereocenters. The van der Waals surface area contributed by atoms with Gasteiger partial charge in [-0.15, -0.1) is 0 Å². The van der Waals surface area contributed by atoms with Gasteiger partial charge in [-0.05, 0) is 49.7 Å². The molecule has 1 N–H and O–H groups in total. The Morgan fingerprint density at radius 3 is 2.49 bits per heavy atom. The third-order valence-electron chi connectivity index (χ3n) is 5.34. The van der Waals surface area contributed by atoms with E-state index in [-0.39, 0.29) is 10.0 Å². The van der Waals surface area contributed by atoms with Gasteiger partial charge in [0.2, 0.25) is 0 Å². The van der Waals surface area contributed by atoms with Crippen molar-refractivity contribution in [2.75, 3.05) is 10.8 Å². The van der Waals surface area contributed by atoms with Crippen LogP contribution < -0.4 is 9.73 Å². The molecule has 0 spiro atoms. The van der Waals surface area contributed by atoms with Crippen LogP contribution in [0.3, 0.4) is 0 Å². The lowest BCUT2D eigenvalue weighted by Gasteiger charge is -2.25. The van der Waals surface area contributed by atoms with E-state index in [1.165, 1.54) is 18.3 Å². The summed E-state index contributed by atoms with van der Waals surface area (Å²) in [5.74, 6) is -0.606. The zero-order valence-electron chi connectivity index (χ0n) is 19.1. The van der Waals surface area contributed by atoms with Gasteiger partial charge in [-0.2, -0.15) is 5.10 Å². The Morgan fingerprint density at radius 2 is 1.74 bits per heavy atom. The van der Waals surface area contributed by atoms with E-state index in [0.717, 1.165) is 26.3 Å². The molecule has 0 bridgehead atoms. The number of fused-ring (bicyclic) bond motifs is 1. The standard InChI is InChI=1S/C26H23ClN4O3S/c1-18-12-13-24(19(2)14-18)31(35(33,34)22-9-4-3-5-10-22)17-25(32)30-28-16-21-15-20-8-6-7-11-23(20)29-26(21)27/h3-16H,17H2,1-2H3,(H,30,32)/b28-16-. The second kappa shape index (κ2) is 10.2. The molecule has 7 nitrogen and oxygen atoms in total. The molecule has 9 heteroatoms. The second-order valence-corrected chi connectivity index (χ2v) is 10.2. The molecule has 0 saturated carbocycles. The Hall–Kier alpha value is -3.75. The van der Waals surface area contributed by atoms with Crippen LogP contribution in [0.5, 0.6) is 0 Å². The van der Waals surface area contributed by atoms with Crippen LogP contribution >= 0.6 is 11.6 Å². The highest BCUT2D eigenvalue weighted by atomic mass is 35.5. The van der Waals surface area contributed by atoms with Gasteiger partial charge in [-0.1, -0.05) is 65.7 Å². The highest BCUT2D eigenvalue weighted by molar-refractivity contribution is 7.92. The molecule has 0 aliphatic heterocycles. The Kier molecular flexibility index (Phi) is 7.14. The van der Waals surface area contributed by atoms with Crippen molar-refractivity contribution in [3.8, 4) is 0 Å². The van der Waals surface area contributed by atoms with Crippen LogP contribution in [0.15, 0.2) is 88.9 Å². The van der Waals surface area contributed by atoms with Crippen LogP contribution in [0.4, 0.5) is 5.69 Å². The molecule has 1 heterocycles. The molecule has 1 amide bonds. The number of amides is 1. The smallest absolute Gasteiger partial charge is 0.264 e. The number of anilines is 1. The topological polar surface area (TPSA) is 91.7 Å². The maximum absolute atomic E-state index is 13.5. The lowest BCUT2D eigenvalue weighted by molar-refractivity contribution is -0.119. The monoisotopic (exact) mass is 506 g/mol. The van der Waals surface area contributed by atoms with Gasteiger partial charge in [0.25, 0.3) is 15.9 Å². The van der Waals surface area contributed by atoms with Crippen LogP contribution in [0.25, 0.3) is 10.9 Å². The highest BCUT2D eigenvalue weighted by Gasteiger charge is 2.28. The third kappa shape index (κ3) is 5.50. The minimum atomic E-state index is -4.00. The number of rotatable bonds is 7. The number of para-hydroxylation sites is 1. The summed E-state index contributed by atoms with van der Waals surface area (Å²) < 4.78 is 28.0. The number of halogens is 1. The summed E-state index contributed by atoms with van der Waals surface area (Å²) in [6, 6.07) is 22.7. The maximum atomic E-state index is 13.5. The molecular weight excluding hydrogens is 484 g/mol. The van der Waals surface area contributed by atoms with Gasteiger partial charge < -0.3 is 0 Å². The lowest BCUT2D eigenvalue weighted by atomic mass is 10.1. The summed E-state index contributed by atoms with van der Waals surface area (Å²) in [6.07, 6.45) is 1.38. The number of carbonyl (C=O) groups excluding carboxylic acids is 1. The number of carbonyl (C=O) groups is 1. The van der Waals surface area contributed by atoms with Crippen molar-refractivity contribution in [2.45, 2.75) is 18.7 Å². The molecule has 1 aromatic heterocycles. The first-order chi connectivity index (χ1) is 16.8. The number of aryl methyl sites for hydroxylation is 2. The molecule has 178 valence electrons. The maximum Gasteiger partial charge on any atom is 0.264 e. The van der Waals surface area contributed by atoms with Gasteiger partial charge in [0.1, 0.15) is 11.7 Å². The average Bonchev–Trinajstić information content (AvgIpc) is 2.84. The number of pyridine rings is 1. The van der Waals surface area contributed by atoms with Gasteiger partial charge in [0.05, 0.1) is 22.3 Å². The molecule has 0 unspecified atom stereocenters. The summed E-state index contributed by atoms with van der Waals surface area (Å²) in [5, 5.41) is 5.09. The summed E-state index contributed by atoms with van der Waals surface area (Å²) in [6.45, 7) is 3.27. The minimum Gasteiger partial charge on any atom is -0.271 e. The van der Waals surface area contributed by atoms with Crippen molar-refractivity contribution in [2.24, 2.45) is 5.10 Å². The Bertz CT molecular complexity index is 1520. The lowest BCUT2D eigenvalue weighted by Crippen LogP contribution is -2.40. The zero-order valence-corrected chi connectivity index (χ0v) is 20.7. The van der Waals surface area contributed by atoms with Crippen molar-refractivity contribution in [3.05, 3.63) is 101 Å². The van der Waals surface area contributed by atoms with E-state index >= 15 is 0 Å². The molecule has 0 aliphatic carbocycles. The third-order valence-corrected chi connectivity index (χ3v) is 7.41. The molecular formula is C26H23ClN4O3S. The Morgan fingerprint density at radius 1 is 1.03 bits per heavy atom. The first-order valence-electron chi connectivity index (χ1n) is 10.8. The van der Waals surface area contributed by atoms with Crippen molar-refractivity contribution >= 4 is 50.3 Å². The molecule has 4 rings (SSSR count). The molecule has 35 heavy (non-hydrogen) atoms.